The number of hydrogen-bond acceptors (Lipinski definition) is 3. The highest BCUT2D eigenvalue weighted by Crippen LogP contribution is 2.36. The molecular formula is C15H18N2O3. The molecule has 106 valence electrons. The molecule has 20 heavy (non-hydrogen) atoms. The van der Waals surface area contributed by atoms with E-state index in [0.29, 0.717) is 11.1 Å². The van der Waals surface area contributed by atoms with Crippen LogP contribution in [0.25, 0.3) is 11.0 Å². The number of methoxy groups -OCH3 is 1. The number of aromatic carboxylic acids is 1. The van der Waals surface area contributed by atoms with Gasteiger partial charge in [-0.15, -0.1) is 0 Å². The zero-order valence-electron chi connectivity index (χ0n) is 11.7. The van der Waals surface area contributed by atoms with Crippen molar-refractivity contribution in [3.05, 3.63) is 29.6 Å². The van der Waals surface area contributed by atoms with Crippen LogP contribution >= 0.6 is 0 Å². The number of aromatic nitrogens is 2. The zero-order chi connectivity index (χ0) is 14.3. The molecule has 0 amide bonds. The van der Waals surface area contributed by atoms with Crippen molar-refractivity contribution in [3.63, 3.8) is 0 Å². The number of ether oxygens (including phenoxy) is 1. The number of carbonyl (C=O) groups is 1. The van der Waals surface area contributed by atoms with Crippen molar-refractivity contribution < 1.29 is 14.6 Å². The van der Waals surface area contributed by atoms with Gasteiger partial charge in [-0.2, -0.15) is 0 Å². The Morgan fingerprint density at radius 3 is 2.95 bits per heavy atom. The zero-order valence-corrected chi connectivity index (χ0v) is 11.7. The summed E-state index contributed by atoms with van der Waals surface area (Å²) in [5.41, 5.74) is 1.76. The fraction of sp³-hybridized carbons (Fsp3) is 0.467. The van der Waals surface area contributed by atoms with Crippen LogP contribution in [0, 0.1) is 6.92 Å². The van der Waals surface area contributed by atoms with E-state index in [-0.39, 0.29) is 12.1 Å². The fourth-order valence-electron chi connectivity index (χ4n) is 3.32. The quantitative estimate of drug-likeness (QED) is 0.934. The van der Waals surface area contributed by atoms with Crippen molar-refractivity contribution in [3.8, 4) is 0 Å². The number of carboxylic acids is 1. The van der Waals surface area contributed by atoms with Crippen molar-refractivity contribution in [2.24, 2.45) is 0 Å². The Morgan fingerprint density at radius 1 is 1.45 bits per heavy atom. The Labute approximate surface area is 117 Å². The number of nitrogens with zero attached hydrogens (tertiary/aromatic N) is 2. The van der Waals surface area contributed by atoms with Crippen molar-refractivity contribution in [1.29, 1.82) is 0 Å². The third-order valence-electron chi connectivity index (χ3n) is 4.17. The summed E-state index contributed by atoms with van der Waals surface area (Å²) in [6.07, 6.45) is 3.24. The maximum atomic E-state index is 11.5. The molecule has 1 heterocycles. The lowest BCUT2D eigenvalue weighted by Crippen LogP contribution is -2.22. The van der Waals surface area contributed by atoms with Gasteiger partial charge in [-0.3, -0.25) is 0 Å². The van der Waals surface area contributed by atoms with Gasteiger partial charge in [0.2, 0.25) is 0 Å². The first kappa shape index (κ1) is 13.1. The normalized spacial score (nSPS) is 22.5. The molecule has 3 rings (SSSR count). The number of carboxylic acid groups (broad SMARTS) is 1. The lowest BCUT2D eigenvalue weighted by Gasteiger charge is -2.22. The van der Waals surface area contributed by atoms with Gasteiger partial charge in [0.15, 0.2) is 0 Å². The van der Waals surface area contributed by atoms with Gasteiger partial charge in [0.05, 0.1) is 28.7 Å². The molecule has 1 fully saturated rings. The molecule has 0 saturated heterocycles. The van der Waals surface area contributed by atoms with Crippen LogP contribution in [0.5, 0.6) is 0 Å². The smallest absolute Gasteiger partial charge is 0.337 e. The minimum absolute atomic E-state index is 0.132. The third-order valence-corrected chi connectivity index (χ3v) is 4.17. The van der Waals surface area contributed by atoms with Gasteiger partial charge >= 0.3 is 5.97 Å². The van der Waals surface area contributed by atoms with Gasteiger partial charge in [-0.1, -0.05) is 6.07 Å². The minimum Gasteiger partial charge on any atom is -0.478 e. The van der Waals surface area contributed by atoms with Crippen molar-refractivity contribution in [2.75, 3.05) is 7.11 Å². The van der Waals surface area contributed by atoms with Gasteiger partial charge in [0, 0.05) is 7.11 Å². The second-order valence-corrected chi connectivity index (χ2v) is 5.28. The Bertz CT molecular complexity index is 662. The van der Waals surface area contributed by atoms with E-state index in [1.165, 1.54) is 0 Å². The highest BCUT2D eigenvalue weighted by molar-refractivity contribution is 6.01. The van der Waals surface area contributed by atoms with Crippen molar-refractivity contribution in [2.45, 2.75) is 38.3 Å². The van der Waals surface area contributed by atoms with E-state index in [0.717, 1.165) is 30.6 Å². The monoisotopic (exact) mass is 274 g/mol. The summed E-state index contributed by atoms with van der Waals surface area (Å²) >= 11 is 0. The summed E-state index contributed by atoms with van der Waals surface area (Å²) in [4.78, 5) is 16.0. The van der Waals surface area contributed by atoms with Crippen molar-refractivity contribution >= 4 is 17.0 Å². The molecule has 2 aromatic rings. The van der Waals surface area contributed by atoms with E-state index in [2.05, 4.69) is 9.55 Å². The maximum absolute atomic E-state index is 11.5. The fourth-order valence-corrected chi connectivity index (χ4v) is 3.32. The first-order valence-corrected chi connectivity index (χ1v) is 6.87. The predicted molar refractivity (Wildman–Crippen MR) is 75.1 cm³/mol. The van der Waals surface area contributed by atoms with Gasteiger partial charge in [-0.05, 0) is 38.3 Å². The summed E-state index contributed by atoms with van der Waals surface area (Å²) in [6.45, 7) is 1.93. The summed E-state index contributed by atoms with van der Waals surface area (Å²) < 4.78 is 7.61. The summed E-state index contributed by atoms with van der Waals surface area (Å²) in [5, 5.41) is 9.41. The first-order valence-electron chi connectivity index (χ1n) is 6.87. The average molecular weight is 274 g/mol. The number of fused-ring (bicyclic) bond motifs is 1. The summed E-state index contributed by atoms with van der Waals surface area (Å²) in [6, 6.07) is 5.41. The average Bonchev–Trinajstić information content (AvgIpc) is 2.99. The topological polar surface area (TPSA) is 64.4 Å². The van der Waals surface area contributed by atoms with Gasteiger partial charge in [0.25, 0.3) is 0 Å². The second-order valence-electron chi connectivity index (χ2n) is 5.28. The highest BCUT2D eigenvalue weighted by atomic mass is 16.5. The largest absolute Gasteiger partial charge is 0.478 e. The van der Waals surface area contributed by atoms with Gasteiger partial charge in [-0.25, -0.2) is 9.78 Å². The molecule has 0 aliphatic heterocycles. The van der Waals surface area contributed by atoms with E-state index in [4.69, 9.17) is 4.74 Å². The number of aryl methyl sites for hydroxylation is 1. The molecule has 1 aliphatic carbocycles. The number of para-hydroxylation sites is 1. The van der Waals surface area contributed by atoms with Crippen LogP contribution in [0.3, 0.4) is 0 Å². The first-order chi connectivity index (χ1) is 9.63. The van der Waals surface area contributed by atoms with Crippen LogP contribution in [0.4, 0.5) is 0 Å². The molecule has 1 aromatic heterocycles. The van der Waals surface area contributed by atoms with Gasteiger partial charge in [0.1, 0.15) is 5.82 Å². The van der Waals surface area contributed by atoms with Crippen LogP contribution < -0.4 is 0 Å². The Kier molecular flexibility index (Phi) is 3.22. The molecule has 5 nitrogen and oxygen atoms in total. The molecule has 1 N–H and O–H groups in total. The number of hydrogen-bond donors (Lipinski definition) is 1. The summed E-state index contributed by atoms with van der Waals surface area (Å²) in [7, 11) is 1.72. The molecule has 1 saturated carbocycles. The van der Waals surface area contributed by atoms with Crippen LogP contribution in [-0.4, -0.2) is 33.8 Å². The Morgan fingerprint density at radius 2 is 2.25 bits per heavy atom. The predicted octanol–water partition coefficient (Wildman–Crippen LogP) is 2.78. The van der Waals surface area contributed by atoms with Crippen molar-refractivity contribution in [1.82, 2.24) is 9.55 Å². The highest BCUT2D eigenvalue weighted by Gasteiger charge is 2.31. The second kappa shape index (κ2) is 4.90. The lowest BCUT2D eigenvalue weighted by atomic mass is 10.1. The molecule has 2 unspecified atom stereocenters. The van der Waals surface area contributed by atoms with Crippen LogP contribution in [0.1, 0.15) is 41.5 Å². The summed E-state index contributed by atoms with van der Waals surface area (Å²) in [5.74, 6) is -0.0636. The van der Waals surface area contributed by atoms with E-state index < -0.39 is 5.97 Å². The molecule has 5 heteroatoms. The molecule has 0 bridgehead atoms. The Balaban J connectivity index is 2.24. The minimum atomic E-state index is -0.913. The molecular weight excluding hydrogens is 256 g/mol. The van der Waals surface area contributed by atoms with Crippen LogP contribution in [-0.2, 0) is 4.74 Å². The number of rotatable bonds is 3. The van der Waals surface area contributed by atoms with E-state index in [1.54, 1.807) is 19.2 Å². The van der Waals surface area contributed by atoms with Gasteiger partial charge < -0.3 is 14.4 Å². The SMILES string of the molecule is COC1CCCC1n1c(C)nc2cccc(C(=O)O)c21. The van der Waals surface area contributed by atoms with E-state index >= 15 is 0 Å². The molecule has 1 aromatic carbocycles. The number of benzene rings is 1. The Hall–Kier alpha value is -1.88. The molecule has 2 atom stereocenters. The molecule has 0 spiro atoms. The maximum Gasteiger partial charge on any atom is 0.337 e. The van der Waals surface area contributed by atoms with E-state index in [1.807, 2.05) is 13.0 Å². The van der Waals surface area contributed by atoms with Crippen LogP contribution in [0.2, 0.25) is 0 Å². The molecule has 0 radical (unpaired) electrons. The van der Waals surface area contributed by atoms with Crippen LogP contribution in [0.15, 0.2) is 18.2 Å². The third kappa shape index (κ3) is 1.89. The standard InChI is InChI=1S/C15H18N2O3/c1-9-16-11-6-3-5-10(15(18)19)14(11)17(9)12-7-4-8-13(12)20-2/h3,5-6,12-13H,4,7-8H2,1-2H3,(H,18,19). The number of imidazole rings is 1. The molecule has 1 aliphatic rings. The van der Waals surface area contributed by atoms with E-state index in [9.17, 15) is 9.90 Å². The lowest BCUT2D eigenvalue weighted by molar-refractivity contribution is 0.0692.